The van der Waals surface area contributed by atoms with Crippen molar-refractivity contribution in [1.82, 2.24) is 4.90 Å². The molecule has 180 valence electrons. The van der Waals surface area contributed by atoms with Gasteiger partial charge in [-0.05, 0) is 52.4 Å². The number of methoxy groups -OCH3 is 1. The quantitative estimate of drug-likeness (QED) is 0.504. The van der Waals surface area contributed by atoms with Crippen LogP contribution < -0.4 is 15.2 Å². The SMILES string of the molecule is C#CCOc1c(Br)cc([C@H]2C(C#N)=C(N)N(CCOC)C3=C2C(=O)CC(C)(C)C3)cc1OCC. The number of carbonyl (C=O) groups excluding carboxylic acids is 1. The highest BCUT2D eigenvalue weighted by Gasteiger charge is 2.44. The van der Waals surface area contributed by atoms with E-state index >= 15 is 0 Å². The molecule has 1 aromatic carbocycles. The first-order valence-corrected chi connectivity index (χ1v) is 11.9. The first-order chi connectivity index (χ1) is 16.2. The molecule has 0 fully saturated rings. The van der Waals surface area contributed by atoms with Gasteiger partial charge in [-0.3, -0.25) is 4.79 Å². The minimum Gasteiger partial charge on any atom is -0.490 e. The van der Waals surface area contributed by atoms with E-state index in [1.165, 1.54) is 0 Å². The predicted octanol–water partition coefficient (Wildman–Crippen LogP) is 4.24. The van der Waals surface area contributed by atoms with E-state index in [4.69, 9.17) is 26.4 Å². The van der Waals surface area contributed by atoms with E-state index in [9.17, 15) is 10.1 Å². The maximum atomic E-state index is 13.5. The van der Waals surface area contributed by atoms with Crippen molar-refractivity contribution in [3.05, 3.63) is 44.8 Å². The monoisotopic (exact) mass is 527 g/mol. The van der Waals surface area contributed by atoms with Gasteiger partial charge < -0.3 is 24.8 Å². The second kappa shape index (κ2) is 10.5. The summed E-state index contributed by atoms with van der Waals surface area (Å²) in [5.41, 5.74) is 8.84. The molecule has 0 unspecified atom stereocenters. The molecule has 0 amide bonds. The fourth-order valence-corrected chi connectivity index (χ4v) is 5.19. The second-order valence-corrected chi connectivity index (χ2v) is 9.90. The molecule has 2 aliphatic rings. The maximum absolute atomic E-state index is 13.5. The number of hydrogen-bond donors (Lipinski definition) is 1. The van der Waals surface area contributed by atoms with Crippen molar-refractivity contribution >= 4 is 21.7 Å². The van der Waals surface area contributed by atoms with E-state index < -0.39 is 5.92 Å². The van der Waals surface area contributed by atoms with Crippen LogP contribution in [0.2, 0.25) is 0 Å². The smallest absolute Gasteiger partial charge is 0.176 e. The number of rotatable bonds is 8. The van der Waals surface area contributed by atoms with Gasteiger partial charge in [0.15, 0.2) is 17.3 Å². The summed E-state index contributed by atoms with van der Waals surface area (Å²) >= 11 is 3.56. The zero-order chi connectivity index (χ0) is 25.0. The second-order valence-electron chi connectivity index (χ2n) is 9.05. The number of terminal acetylenes is 1. The van der Waals surface area contributed by atoms with Crippen LogP contribution in [0.15, 0.2) is 39.3 Å². The molecule has 0 spiro atoms. The number of nitrogens with zero attached hydrogens (tertiary/aromatic N) is 2. The largest absolute Gasteiger partial charge is 0.490 e. The van der Waals surface area contributed by atoms with Crippen LogP contribution in [0.1, 0.15) is 45.1 Å². The molecule has 0 saturated heterocycles. The van der Waals surface area contributed by atoms with Crippen LogP contribution in [-0.4, -0.2) is 44.2 Å². The summed E-state index contributed by atoms with van der Waals surface area (Å²) in [6.07, 6.45) is 6.42. The van der Waals surface area contributed by atoms with Crippen molar-refractivity contribution < 1.29 is 19.0 Å². The van der Waals surface area contributed by atoms with E-state index in [1.807, 2.05) is 17.9 Å². The van der Waals surface area contributed by atoms with E-state index in [1.54, 1.807) is 13.2 Å². The van der Waals surface area contributed by atoms with Gasteiger partial charge in [-0.25, -0.2) is 0 Å². The first-order valence-electron chi connectivity index (χ1n) is 11.1. The van der Waals surface area contributed by atoms with Gasteiger partial charge in [-0.2, -0.15) is 5.26 Å². The lowest BCUT2D eigenvalue weighted by Crippen LogP contribution is -2.43. The van der Waals surface area contributed by atoms with Gasteiger partial charge in [0.05, 0.1) is 35.2 Å². The molecule has 0 bridgehead atoms. The summed E-state index contributed by atoms with van der Waals surface area (Å²) in [4.78, 5) is 15.4. The Labute approximate surface area is 209 Å². The van der Waals surface area contributed by atoms with Crippen LogP contribution in [0.3, 0.4) is 0 Å². The molecule has 8 heteroatoms. The molecule has 1 aliphatic heterocycles. The summed E-state index contributed by atoms with van der Waals surface area (Å²) in [6.45, 7) is 7.35. The summed E-state index contributed by atoms with van der Waals surface area (Å²) in [6, 6.07) is 5.92. The third-order valence-corrected chi connectivity index (χ3v) is 6.56. The number of allylic oxidation sites excluding steroid dienone is 3. The normalized spacial score (nSPS) is 19.4. The van der Waals surface area contributed by atoms with Gasteiger partial charge in [0.25, 0.3) is 0 Å². The Balaban J connectivity index is 2.24. The van der Waals surface area contributed by atoms with Crippen molar-refractivity contribution in [1.29, 1.82) is 5.26 Å². The summed E-state index contributed by atoms with van der Waals surface area (Å²) in [5, 5.41) is 10.2. The van der Waals surface area contributed by atoms with Crippen molar-refractivity contribution in [2.75, 3.05) is 33.5 Å². The number of hydrogen-bond acceptors (Lipinski definition) is 7. The molecule has 2 N–H and O–H groups in total. The first kappa shape index (κ1) is 25.7. The minimum atomic E-state index is -0.611. The van der Waals surface area contributed by atoms with Crippen molar-refractivity contribution in [2.45, 2.75) is 39.5 Å². The zero-order valence-corrected chi connectivity index (χ0v) is 21.6. The molecular formula is C26H30BrN3O4. The summed E-state index contributed by atoms with van der Waals surface area (Å²) < 4.78 is 17.4. The Morgan fingerprint density at radius 3 is 2.68 bits per heavy atom. The van der Waals surface area contributed by atoms with E-state index in [-0.39, 0.29) is 17.8 Å². The fraction of sp³-hybridized carbons (Fsp3) is 0.462. The van der Waals surface area contributed by atoms with Crippen LogP contribution in [0.5, 0.6) is 11.5 Å². The van der Waals surface area contributed by atoms with Crippen molar-refractivity contribution in [3.63, 3.8) is 0 Å². The van der Waals surface area contributed by atoms with Gasteiger partial charge in [-0.15, -0.1) is 6.42 Å². The average molecular weight is 528 g/mol. The molecule has 0 radical (unpaired) electrons. The van der Waals surface area contributed by atoms with Crippen LogP contribution in [0, 0.1) is 29.1 Å². The Bertz CT molecular complexity index is 1120. The zero-order valence-electron chi connectivity index (χ0n) is 20.0. The molecule has 7 nitrogen and oxygen atoms in total. The summed E-state index contributed by atoms with van der Waals surface area (Å²) in [5.74, 6) is 3.15. The van der Waals surface area contributed by atoms with E-state index in [0.717, 1.165) is 11.3 Å². The minimum absolute atomic E-state index is 0.0145. The molecule has 1 heterocycles. The average Bonchev–Trinajstić information content (AvgIpc) is 2.76. The lowest BCUT2D eigenvalue weighted by molar-refractivity contribution is -0.118. The maximum Gasteiger partial charge on any atom is 0.176 e. The number of benzene rings is 1. The molecule has 0 saturated carbocycles. The fourth-order valence-electron chi connectivity index (χ4n) is 4.62. The lowest BCUT2D eigenvalue weighted by atomic mass is 9.68. The van der Waals surface area contributed by atoms with Gasteiger partial charge >= 0.3 is 0 Å². The number of nitrogens with two attached hydrogens (primary N) is 1. The molecule has 1 aromatic rings. The van der Waals surface area contributed by atoms with Crippen LogP contribution in [0.25, 0.3) is 0 Å². The van der Waals surface area contributed by atoms with E-state index in [2.05, 4.69) is 41.8 Å². The number of halogens is 1. The lowest BCUT2D eigenvalue weighted by Gasteiger charge is -2.43. The number of Topliss-reactive ketones (excluding diaryl/α,β-unsaturated/α-hetero) is 1. The highest BCUT2D eigenvalue weighted by molar-refractivity contribution is 9.10. The van der Waals surface area contributed by atoms with Gasteiger partial charge in [0.2, 0.25) is 0 Å². The van der Waals surface area contributed by atoms with Crippen molar-refractivity contribution in [2.24, 2.45) is 11.1 Å². The highest BCUT2D eigenvalue weighted by atomic mass is 79.9. The highest BCUT2D eigenvalue weighted by Crippen LogP contribution is 2.50. The molecule has 3 rings (SSSR count). The van der Waals surface area contributed by atoms with Crippen LogP contribution in [0.4, 0.5) is 0 Å². The Kier molecular flexibility index (Phi) is 7.97. The third-order valence-electron chi connectivity index (χ3n) is 5.97. The Morgan fingerprint density at radius 1 is 1.32 bits per heavy atom. The topological polar surface area (TPSA) is 97.8 Å². The standard InChI is InChI=1S/C26H30BrN3O4/c1-6-9-34-24-18(27)11-16(12-21(24)33-7-2)22-17(15-28)25(29)30(8-10-32-5)19-13-26(3,4)14-20(31)23(19)22/h1,11-12,22H,7-10,13-14,29H2,2-5H3/t22-/m0/s1. The predicted molar refractivity (Wildman–Crippen MR) is 133 cm³/mol. The number of nitriles is 1. The van der Waals surface area contributed by atoms with Gasteiger partial charge in [0.1, 0.15) is 12.4 Å². The number of ether oxygens (including phenoxy) is 3. The number of ketones is 1. The van der Waals surface area contributed by atoms with Crippen molar-refractivity contribution in [3.8, 4) is 29.9 Å². The van der Waals surface area contributed by atoms with Gasteiger partial charge in [0, 0.05) is 31.3 Å². The third kappa shape index (κ3) is 4.94. The van der Waals surface area contributed by atoms with Crippen LogP contribution in [-0.2, 0) is 9.53 Å². The molecule has 0 aromatic heterocycles. The van der Waals surface area contributed by atoms with Crippen LogP contribution >= 0.6 is 15.9 Å². The molecule has 34 heavy (non-hydrogen) atoms. The molecular weight excluding hydrogens is 498 g/mol. The van der Waals surface area contributed by atoms with E-state index in [0.29, 0.717) is 65.5 Å². The summed E-state index contributed by atoms with van der Waals surface area (Å²) in [7, 11) is 1.61. The Hall–Kier alpha value is -2.94. The Morgan fingerprint density at radius 2 is 2.06 bits per heavy atom. The number of carbonyl (C=O) groups is 1. The molecule has 1 aliphatic carbocycles. The molecule has 1 atom stereocenters. The van der Waals surface area contributed by atoms with Gasteiger partial charge in [-0.1, -0.05) is 19.8 Å².